The van der Waals surface area contributed by atoms with E-state index in [2.05, 4.69) is 55.3 Å². The number of hydrogen-bond acceptors (Lipinski definition) is 2. The van der Waals surface area contributed by atoms with Crippen molar-refractivity contribution in [2.24, 2.45) is 0 Å². The van der Waals surface area contributed by atoms with Crippen molar-refractivity contribution in [1.82, 2.24) is 4.90 Å². The molecule has 0 bridgehead atoms. The van der Waals surface area contributed by atoms with Gasteiger partial charge in [0.15, 0.2) is 0 Å². The van der Waals surface area contributed by atoms with E-state index >= 15 is 0 Å². The third-order valence-electron chi connectivity index (χ3n) is 3.54. The topological polar surface area (TPSA) is 12.5 Å². The molecule has 0 saturated heterocycles. The van der Waals surface area contributed by atoms with Crippen molar-refractivity contribution < 1.29 is 4.74 Å². The Bertz CT molecular complexity index is 752. The molecule has 0 aliphatic carbocycles. The van der Waals surface area contributed by atoms with Gasteiger partial charge in [0.1, 0.15) is 0 Å². The average molecular weight is 666 g/mol. The summed E-state index contributed by atoms with van der Waals surface area (Å²) in [4.78, 5) is 2.06. The van der Waals surface area contributed by atoms with Crippen LogP contribution in [0.4, 0.5) is 0 Å². The van der Waals surface area contributed by atoms with Crippen LogP contribution in [0.5, 0.6) is 5.75 Å². The van der Waals surface area contributed by atoms with E-state index < -0.39 is 0 Å². The maximum atomic E-state index is 5.85. The Balaban J connectivity index is 0. The van der Waals surface area contributed by atoms with Gasteiger partial charge in [-0.15, -0.1) is 12.1 Å². The predicted octanol–water partition coefficient (Wildman–Crippen LogP) is 6.99. The monoisotopic (exact) mass is 665 g/mol. The number of halogens is 1. The standard InChI is InChI=1S/C13H14.C10H13ClNO.C2H6.Rf/c1-4-6-12(5-2)13-9-7-11(3)8-10-13;1-12(2)7-8-6-9(11)4-5-10(8)13-3;1-2;/h4-10H,1-2H2,3H3;4,6H,7H2,1-3H3;1-2H3;/q;-1;;/b12-6+;;;. The van der Waals surface area contributed by atoms with Crippen LogP contribution in [-0.2, 0) is 6.54 Å². The van der Waals surface area contributed by atoms with Gasteiger partial charge in [0, 0.05) is 5.75 Å². The molecule has 0 spiro atoms. The first-order valence-electron chi connectivity index (χ1n) is 9.32. The number of benzene rings is 2. The third kappa shape index (κ3) is 10.6. The number of rotatable bonds is 6. The molecule has 0 aliphatic heterocycles. The van der Waals surface area contributed by atoms with Crippen LogP contribution in [0.2, 0.25) is 5.02 Å². The summed E-state index contributed by atoms with van der Waals surface area (Å²) in [6.45, 7) is 14.3. The Morgan fingerprint density at radius 1 is 1.17 bits per heavy atom. The zero-order chi connectivity index (χ0) is 21.5. The zero-order valence-electron chi connectivity index (χ0n) is 18.8. The summed E-state index contributed by atoms with van der Waals surface area (Å²) in [5, 5.41) is 0.692. The molecule has 154 valence electrons. The molecule has 0 aliphatic rings. The van der Waals surface area contributed by atoms with E-state index in [9.17, 15) is 0 Å². The molecule has 2 nitrogen and oxygen atoms in total. The van der Waals surface area contributed by atoms with E-state index in [-0.39, 0.29) is 0 Å². The van der Waals surface area contributed by atoms with Gasteiger partial charge >= 0.3 is 0 Å². The van der Waals surface area contributed by atoms with Crippen LogP contribution in [0.25, 0.3) is 5.57 Å². The van der Waals surface area contributed by atoms with Gasteiger partial charge in [-0.25, -0.2) is 0 Å². The first kappa shape index (κ1) is 27.9. The number of methoxy groups -OCH3 is 1. The molecule has 4 heteroatoms. The Morgan fingerprint density at radius 2 is 1.76 bits per heavy atom. The molecule has 2 aromatic rings. The molecule has 2 aromatic carbocycles. The van der Waals surface area contributed by atoms with Crippen LogP contribution in [0.3, 0.4) is 0 Å². The second-order valence-electron chi connectivity index (χ2n) is 6.04. The molecule has 0 radical (unpaired) electrons. The third-order valence-corrected chi connectivity index (χ3v) is 3.76. The second kappa shape index (κ2) is 15.7. The van der Waals surface area contributed by atoms with Crippen molar-refractivity contribution in [2.45, 2.75) is 27.3 Å². The summed E-state index contributed by atoms with van der Waals surface area (Å²) in [7, 11) is 5.64. The number of nitrogens with zero attached hydrogens (tertiary/aromatic N) is 1. The fourth-order valence-corrected chi connectivity index (χ4v) is 2.49. The Morgan fingerprint density at radius 3 is 2.21 bits per heavy atom. The predicted molar refractivity (Wildman–Crippen MR) is 125 cm³/mol. The van der Waals surface area contributed by atoms with Gasteiger partial charge in [-0.1, -0.05) is 85.6 Å². The number of hydrogen-bond donors (Lipinski definition) is 0. The molecule has 0 N–H and O–H groups in total. The molecule has 0 heterocycles. The Hall–Kier alpha value is -3.29. The van der Waals surface area contributed by atoms with E-state index in [1.54, 1.807) is 19.3 Å². The fourth-order valence-electron chi connectivity index (χ4n) is 2.30. The van der Waals surface area contributed by atoms with Crippen molar-refractivity contribution in [3.8, 4) is 5.75 Å². The number of aryl methyl sites for hydroxylation is 1. The molecule has 0 aromatic heterocycles. The van der Waals surface area contributed by atoms with Gasteiger partial charge in [-0.2, -0.15) is 17.7 Å². The normalized spacial score (nSPS) is 9.86. The number of allylic oxidation sites excluding steroid dienone is 4. The number of ether oxygens (including phenoxy) is 1. The SMILES string of the molecule is C=C/C=C(\C=C)c1ccc(C)cc1.CC.COc1[c-]cc(Cl)cc1CN(C)C.[Rf]. The molecular formula is C25H33ClNORf-. The maximum absolute atomic E-state index is 5.85. The minimum absolute atomic E-state index is 0. The van der Waals surface area contributed by atoms with E-state index in [0.29, 0.717) is 5.02 Å². The van der Waals surface area contributed by atoms with Crippen molar-refractivity contribution in [3.63, 3.8) is 0 Å². The Kier molecular flexibility index (Phi) is 15.2. The molecule has 0 amide bonds. The van der Waals surface area contributed by atoms with Crippen LogP contribution in [-0.4, -0.2) is 26.1 Å². The molecule has 0 fully saturated rings. The molecule has 2 rings (SSSR count). The van der Waals surface area contributed by atoms with E-state index in [1.165, 1.54) is 11.1 Å². The summed E-state index contributed by atoms with van der Waals surface area (Å²) in [6, 6.07) is 15.0. The average Bonchev–Trinajstić information content (AvgIpc) is 2.69. The summed E-state index contributed by atoms with van der Waals surface area (Å²) < 4.78 is 5.16. The minimum atomic E-state index is 0. The van der Waals surface area contributed by atoms with E-state index in [4.69, 9.17) is 16.3 Å². The van der Waals surface area contributed by atoms with Crippen molar-refractivity contribution in [3.05, 3.63) is 95.6 Å². The molecule has 0 saturated carbocycles. The van der Waals surface area contributed by atoms with Gasteiger partial charge in [-0.05, 0) is 38.7 Å². The van der Waals surface area contributed by atoms with Crippen LogP contribution in [0.15, 0.2) is 67.8 Å². The maximum Gasteiger partial charge on any atom is 0.0743 e. The molecule has 0 atom stereocenters. The first-order valence-corrected chi connectivity index (χ1v) is 9.70. The van der Waals surface area contributed by atoms with Gasteiger partial charge in [-0.3, -0.25) is 0 Å². The van der Waals surface area contributed by atoms with Crippen molar-refractivity contribution >= 4 is 17.2 Å². The summed E-state index contributed by atoms with van der Waals surface area (Å²) in [5.74, 6) is 0.762. The van der Waals surface area contributed by atoms with Gasteiger partial charge in [0.2, 0.25) is 0 Å². The molecule has 29 heavy (non-hydrogen) atoms. The smallest absolute Gasteiger partial charge is 0.0743 e. The van der Waals surface area contributed by atoms with Crippen LogP contribution < -0.4 is 4.74 Å². The van der Waals surface area contributed by atoms with Crippen molar-refractivity contribution in [2.75, 3.05) is 21.2 Å². The summed E-state index contributed by atoms with van der Waals surface area (Å²) >= 11 is 5.85. The van der Waals surface area contributed by atoms with E-state index in [1.807, 2.05) is 46.2 Å². The summed E-state index contributed by atoms with van der Waals surface area (Å²) in [6.07, 6.45) is 5.57. The van der Waals surface area contributed by atoms with Crippen molar-refractivity contribution in [1.29, 1.82) is 0 Å². The van der Waals surface area contributed by atoms with Gasteiger partial charge < -0.3 is 9.64 Å². The quantitative estimate of drug-likeness (QED) is 0.244. The van der Waals surface area contributed by atoms with E-state index in [0.717, 1.165) is 23.4 Å². The minimum Gasteiger partial charge on any atom is -0.522 e. The van der Waals surface area contributed by atoms with Crippen LogP contribution >= 0.6 is 11.6 Å². The van der Waals surface area contributed by atoms with Crippen LogP contribution in [0.1, 0.15) is 30.5 Å². The largest absolute Gasteiger partial charge is 0.522 e. The summed E-state index contributed by atoms with van der Waals surface area (Å²) in [5.41, 5.74) is 4.61. The fraction of sp³-hybridized carbons (Fsp3) is 0.280. The Labute approximate surface area is 176 Å². The molecular weight excluding hydrogens is 633 g/mol. The first-order chi connectivity index (χ1) is 13.4. The van der Waals surface area contributed by atoms with Gasteiger partial charge in [0.05, 0.1) is 7.11 Å². The van der Waals surface area contributed by atoms with Gasteiger partial charge in [0.25, 0.3) is 0 Å². The second-order valence-corrected chi connectivity index (χ2v) is 6.48. The molecule has 0 unspecified atom stereocenters. The van der Waals surface area contributed by atoms with Crippen LogP contribution in [0, 0.1) is 13.0 Å². The zero-order valence-corrected chi connectivity index (χ0v) is 25.9.